The van der Waals surface area contributed by atoms with E-state index in [0.29, 0.717) is 23.0 Å². The second-order valence-corrected chi connectivity index (χ2v) is 9.97. The van der Waals surface area contributed by atoms with E-state index < -0.39 is 10.0 Å². The molecule has 0 saturated carbocycles. The van der Waals surface area contributed by atoms with Crippen molar-refractivity contribution in [3.8, 4) is 17.4 Å². The minimum absolute atomic E-state index is 0.0720. The van der Waals surface area contributed by atoms with E-state index >= 15 is 0 Å². The molecule has 0 radical (unpaired) electrons. The van der Waals surface area contributed by atoms with Crippen LogP contribution in [0.3, 0.4) is 0 Å². The Bertz CT molecular complexity index is 1660. The molecule has 0 amide bonds. The molecule has 0 unspecified atom stereocenters. The number of sulfonamides is 1. The zero-order valence-electron chi connectivity index (χ0n) is 20.1. The number of para-hydroxylation sites is 2. The SMILES string of the molecule is CCCc1nnc2c(Oc3ccc(NS(=O)(=O)c4cc(C)ccc4OC)cc3)nc3ccccc3n12. The van der Waals surface area contributed by atoms with Crippen molar-refractivity contribution in [1.82, 2.24) is 19.6 Å². The molecule has 0 aliphatic rings. The molecular weight excluding hydrogens is 478 g/mol. The summed E-state index contributed by atoms with van der Waals surface area (Å²) in [6.45, 7) is 3.91. The second-order valence-electron chi connectivity index (χ2n) is 8.32. The van der Waals surface area contributed by atoms with E-state index in [9.17, 15) is 8.42 Å². The van der Waals surface area contributed by atoms with Gasteiger partial charge in [0.05, 0.1) is 18.1 Å². The van der Waals surface area contributed by atoms with Crippen molar-refractivity contribution in [2.24, 2.45) is 0 Å². The zero-order chi connectivity index (χ0) is 25.3. The lowest BCUT2D eigenvalue weighted by molar-refractivity contribution is 0.402. The number of benzene rings is 3. The fourth-order valence-electron chi connectivity index (χ4n) is 3.98. The third-order valence-electron chi connectivity index (χ3n) is 5.67. The molecule has 0 fully saturated rings. The van der Waals surface area contributed by atoms with E-state index in [-0.39, 0.29) is 10.6 Å². The number of nitrogens with zero attached hydrogens (tertiary/aromatic N) is 4. The van der Waals surface area contributed by atoms with Gasteiger partial charge in [-0.3, -0.25) is 9.12 Å². The molecule has 184 valence electrons. The Morgan fingerprint density at radius 3 is 2.53 bits per heavy atom. The number of rotatable bonds is 8. The number of methoxy groups -OCH3 is 1. The maximum atomic E-state index is 13.0. The van der Waals surface area contributed by atoms with Gasteiger partial charge in [-0.25, -0.2) is 13.4 Å². The van der Waals surface area contributed by atoms with E-state index in [1.807, 2.05) is 35.6 Å². The smallest absolute Gasteiger partial charge is 0.266 e. The zero-order valence-corrected chi connectivity index (χ0v) is 20.9. The van der Waals surface area contributed by atoms with Gasteiger partial charge in [-0.05, 0) is 67.4 Å². The van der Waals surface area contributed by atoms with Crippen LogP contribution in [0.4, 0.5) is 5.69 Å². The van der Waals surface area contributed by atoms with Gasteiger partial charge >= 0.3 is 0 Å². The van der Waals surface area contributed by atoms with Crippen molar-refractivity contribution in [3.05, 3.63) is 78.1 Å². The van der Waals surface area contributed by atoms with Crippen molar-refractivity contribution in [2.45, 2.75) is 31.6 Å². The minimum atomic E-state index is -3.86. The third-order valence-corrected chi connectivity index (χ3v) is 7.07. The lowest BCUT2D eigenvalue weighted by Gasteiger charge is -2.13. The number of hydrogen-bond acceptors (Lipinski definition) is 7. The highest BCUT2D eigenvalue weighted by molar-refractivity contribution is 7.92. The number of anilines is 1. The molecule has 1 N–H and O–H groups in total. The summed E-state index contributed by atoms with van der Waals surface area (Å²) in [5.74, 6) is 1.92. The summed E-state index contributed by atoms with van der Waals surface area (Å²) in [4.78, 5) is 4.72. The molecule has 10 heteroatoms. The summed E-state index contributed by atoms with van der Waals surface area (Å²) in [5.41, 5.74) is 3.38. The van der Waals surface area contributed by atoms with Crippen molar-refractivity contribution < 1.29 is 17.9 Å². The standard InChI is InChI=1S/C26H25N5O4S/c1-4-7-24-28-29-25-26(27-20-8-5-6-9-21(20)31(24)25)35-19-13-11-18(12-14-19)30-36(32,33)23-16-17(2)10-15-22(23)34-3/h5-6,8-16,30H,4,7H2,1-3H3. The van der Waals surface area contributed by atoms with Crippen LogP contribution in [0.2, 0.25) is 0 Å². The maximum Gasteiger partial charge on any atom is 0.266 e. The van der Waals surface area contributed by atoms with E-state index in [0.717, 1.165) is 35.3 Å². The molecule has 2 heterocycles. The predicted molar refractivity (Wildman–Crippen MR) is 137 cm³/mol. The largest absolute Gasteiger partial charge is 0.495 e. The summed E-state index contributed by atoms with van der Waals surface area (Å²) in [5, 5.41) is 8.68. The Kier molecular flexibility index (Phi) is 6.19. The lowest BCUT2D eigenvalue weighted by Crippen LogP contribution is -2.14. The fourth-order valence-corrected chi connectivity index (χ4v) is 5.29. The average Bonchev–Trinajstić information content (AvgIpc) is 3.30. The van der Waals surface area contributed by atoms with Gasteiger partial charge in [0.1, 0.15) is 22.2 Å². The summed E-state index contributed by atoms with van der Waals surface area (Å²) < 4.78 is 41.9. The van der Waals surface area contributed by atoms with Crippen molar-refractivity contribution in [3.63, 3.8) is 0 Å². The summed E-state index contributed by atoms with van der Waals surface area (Å²) in [6.07, 6.45) is 1.70. The summed E-state index contributed by atoms with van der Waals surface area (Å²) in [7, 11) is -2.42. The van der Waals surface area contributed by atoms with E-state index in [4.69, 9.17) is 9.47 Å². The highest BCUT2D eigenvalue weighted by Gasteiger charge is 2.20. The van der Waals surface area contributed by atoms with Crippen LogP contribution in [0.15, 0.2) is 71.6 Å². The van der Waals surface area contributed by atoms with Gasteiger partial charge in [0, 0.05) is 12.1 Å². The molecule has 0 spiro atoms. The molecule has 9 nitrogen and oxygen atoms in total. The number of aromatic nitrogens is 4. The fraction of sp³-hybridized carbons (Fsp3) is 0.192. The quantitative estimate of drug-likeness (QED) is 0.312. The van der Waals surface area contributed by atoms with Crippen molar-refractivity contribution in [2.75, 3.05) is 11.8 Å². The Balaban J connectivity index is 1.44. The van der Waals surface area contributed by atoms with Crippen molar-refractivity contribution in [1.29, 1.82) is 0 Å². The van der Waals surface area contributed by atoms with Crippen LogP contribution in [0.25, 0.3) is 16.7 Å². The second kappa shape index (κ2) is 9.46. The van der Waals surface area contributed by atoms with Gasteiger partial charge in [-0.2, -0.15) is 0 Å². The van der Waals surface area contributed by atoms with Gasteiger partial charge in [0.15, 0.2) is 0 Å². The average molecular weight is 504 g/mol. The monoisotopic (exact) mass is 503 g/mol. The predicted octanol–water partition coefficient (Wildman–Crippen LogP) is 5.14. The first-order chi connectivity index (χ1) is 17.4. The Morgan fingerprint density at radius 2 is 1.78 bits per heavy atom. The van der Waals surface area contributed by atoms with Crippen molar-refractivity contribution >= 4 is 32.4 Å². The first-order valence-corrected chi connectivity index (χ1v) is 13.0. The Hall–Kier alpha value is -4.18. The summed E-state index contributed by atoms with van der Waals surface area (Å²) >= 11 is 0. The highest BCUT2D eigenvalue weighted by Crippen LogP contribution is 2.30. The van der Waals surface area contributed by atoms with Crippen LogP contribution in [-0.2, 0) is 16.4 Å². The normalized spacial score (nSPS) is 11.6. The topological polar surface area (TPSA) is 108 Å². The molecule has 5 aromatic rings. The Morgan fingerprint density at radius 1 is 1.00 bits per heavy atom. The molecule has 0 aliphatic heterocycles. The van der Waals surface area contributed by atoms with Gasteiger partial charge in [0.25, 0.3) is 15.9 Å². The lowest BCUT2D eigenvalue weighted by atomic mass is 10.2. The third kappa shape index (κ3) is 4.42. The number of ether oxygens (including phenoxy) is 2. The van der Waals surface area contributed by atoms with E-state index in [2.05, 4.69) is 26.8 Å². The van der Waals surface area contributed by atoms with Crippen LogP contribution in [0.1, 0.15) is 24.7 Å². The number of aryl methyl sites for hydroxylation is 2. The van der Waals surface area contributed by atoms with Crippen LogP contribution >= 0.6 is 0 Å². The molecule has 0 aliphatic carbocycles. The first kappa shape index (κ1) is 23.6. The van der Waals surface area contributed by atoms with Crippen LogP contribution in [0.5, 0.6) is 17.4 Å². The van der Waals surface area contributed by atoms with Crippen LogP contribution in [0, 0.1) is 6.92 Å². The number of hydrogen-bond donors (Lipinski definition) is 1. The van der Waals surface area contributed by atoms with Gasteiger partial charge in [0.2, 0.25) is 5.65 Å². The van der Waals surface area contributed by atoms with E-state index in [1.54, 1.807) is 42.5 Å². The molecule has 5 rings (SSSR count). The maximum absolute atomic E-state index is 13.0. The molecule has 2 aromatic heterocycles. The van der Waals surface area contributed by atoms with Crippen LogP contribution in [-0.4, -0.2) is 35.1 Å². The first-order valence-electron chi connectivity index (χ1n) is 11.5. The Labute approximate surface area is 208 Å². The molecule has 36 heavy (non-hydrogen) atoms. The molecule has 3 aromatic carbocycles. The molecule has 0 bridgehead atoms. The van der Waals surface area contributed by atoms with Crippen LogP contribution < -0.4 is 14.2 Å². The summed E-state index contributed by atoms with van der Waals surface area (Å²) in [6, 6.07) is 19.3. The minimum Gasteiger partial charge on any atom is -0.495 e. The molecular formula is C26H25N5O4S. The van der Waals surface area contributed by atoms with E-state index in [1.165, 1.54) is 7.11 Å². The van der Waals surface area contributed by atoms with Gasteiger partial charge in [-0.15, -0.1) is 10.2 Å². The number of nitrogens with one attached hydrogen (secondary N) is 1. The highest BCUT2D eigenvalue weighted by atomic mass is 32.2. The van der Waals surface area contributed by atoms with Gasteiger partial charge < -0.3 is 9.47 Å². The molecule has 0 atom stereocenters. The number of fused-ring (bicyclic) bond motifs is 3. The molecule has 0 saturated heterocycles. The van der Waals surface area contributed by atoms with Gasteiger partial charge in [-0.1, -0.05) is 25.1 Å².